The van der Waals surface area contributed by atoms with E-state index in [-0.39, 0.29) is 0 Å². The Morgan fingerprint density at radius 2 is 1.89 bits per heavy atom. The van der Waals surface area contributed by atoms with Gasteiger partial charge in [-0.3, -0.25) is 0 Å². The predicted octanol–water partition coefficient (Wildman–Crippen LogP) is 3.93. The molecular formula is C16H16N2O. The van der Waals surface area contributed by atoms with Crippen LogP contribution in [0, 0.1) is 25.2 Å². The van der Waals surface area contributed by atoms with Gasteiger partial charge in [-0.25, -0.2) is 0 Å². The summed E-state index contributed by atoms with van der Waals surface area (Å²) in [6.45, 7) is 4.00. The number of nitrogens with one attached hydrogen (secondary N) is 1. The molecule has 0 aliphatic carbocycles. The Kier molecular flexibility index (Phi) is 3.72. The van der Waals surface area contributed by atoms with Crippen LogP contribution in [0.5, 0.6) is 5.75 Å². The maximum Gasteiger partial charge on any atom is 0.121 e. The van der Waals surface area contributed by atoms with Crippen LogP contribution in [0.25, 0.3) is 0 Å². The summed E-state index contributed by atoms with van der Waals surface area (Å²) >= 11 is 0. The second-order valence-corrected chi connectivity index (χ2v) is 4.47. The monoisotopic (exact) mass is 252 g/mol. The molecule has 0 saturated carbocycles. The highest BCUT2D eigenvalue weighted by molar-refractivity contribution is 5.68. The fourth-order valence-electron chi connectivity index (χ4n) is 1.97. The number of hydrogen-bond acceptors (Lipinski definition) is 3. The van der Waals surface area contributed by atoms with Gasteiger partial charge in [-0.05, 0) is 55.3 Å². The molecule has 0 aliphatic rings. The number of nitrogens with zero attached hydrogens (tertiary/aromatic N) is 1. The lowest BCUT2D eigenvalue weighted by Gasteiger charge is -2.11. The highest BCUT2D eigenvalue weighted by Crippen LogP contribution is 2.26. The lowest BCUT2D eigenvalue weighted by molar-refractivity contribution is 0.412. The molecule has 0 amide bonds. The second kappa shape index (κ2) is 5.45. The van der Waals surface area contributed by atoms with Gasteiger partial charge in [0.1, 0.15) is 11.8 Å². The molecule has 0 fully saturated rings. The molecule has 96 valence electrons. The van der Waals surface area contributed by atoms with Gasteiger partial charge in [-0.2, -0.15) is 5.26 Å². The van der Waals surface area contributed by atoms with Gasteiger partial charge in [0.05, 0.1) is 18.4 Å². The van der Waals surface area contributed by atoms with Crippen molar-refractivity contribution in [2.45, 2.75) is 13.8 Å². The fraction of sp³-hybridized carbons (Fsp3) is 0.188. The SMILES string of the molecule is COc1ccc(Nc2cc(C)ccc2C#N)cc1C. The van der Waals surface area contributed by atoms with Gasteiger partial charge >= 0.3 is 0 Å². The lowest BCUT2D eigenvalue weighted by Crippen LogP contribution is -1.95. The van der Waals surface area contributed by atoms with E-state index >= 15 is 0 Å². The largest absolute Gasteiger partial charge is 0.496 e. The molecule has 0 radical (unpaired) electrons. The van der Waals surface area contributed by atoms with Crippen LogP contribution in [0.2, 0.25) is 0 Å². The van der Waals surface area contributed by atoms with Crippen molar-refractivity contribution in [3.05, 3.63) is 53.1 Å². The van der Waals surface area contributed by atoms with E-state index in [9.17, 15) is 0 Å². The molecule has 0 heterocycles. The molecule has 2 rings (SSSR count). The zero-order valence-corrected chi connectivity index (χ0v) is 11.3. The molecule has 3 heteroatoms. The van der Waals surface area contributed by atoms with Crippen molar-refractivity contribution < 1.29 is 4.74 Å². The molecule has 0 atom stereocenters. The third-order valence-electron chi connectivity index (χ3n) is 2.97. The van der Waals surface area contributed by atoms with Crippen molar-refractivity contribution >= 4 is 11.4 Å². The summed E-state index contributed by atoms with van der Waals surface area (Å²) in [5.41, 5.74) is 4.58. The van der Waals surface area contributed by atoms with E-state index in [1.54, 1.807) is 7.11 Å². The maximum absolute atomic E-state index is 9.11. The molecular weight excluding hydrogens is 236 g/mol. The summed E-state index contributed by atoms with van der Waals surface area (Å²) in [5, 5.41) is 12.4. The van der Waals surface area contributed by atoms with Gasteiger partial charge in [-0.1, -0.05) is 6.07 Å². The number of aryl methyl sites for hydroxylation is 2. The highest BCUT2D eigenvalue weighted by Gasteiger charge is 2.04. The maximum atomic E-state index is 9.11. The molecule has 0 bridgehead atoms. The molecule has 0 spiro atoms. The van der Waals surface area contributed by atoms with Crippen LogP contribution in [-0.2, 0) is 0 Å². The van der Waals surface area contributed by atoms with Crippen molar-refractivity contribution in [3.8, 4) is 11.8 Å². The first-order chi connectivity index (χ1) is 9.13. The molecule has 0 saturated heterocycles. The molecule has 2 aromatic carbocycles. The molecule has 0 aliphatic heterocycles. The number of methoxy groups -OCH3 is 1. The van der Waals surface area contributed by atoms with E-state index in [0.29, 0.717) is 5.56 Å². The standard InChI is InChI=1S/C16H16N2O/c1-11-4-5-13(10-17)15(8-11)18-14-6-7-16(19-3)12(2)9-14/h4-9,18H,1-3H3. The van der Waals surface area contributed by atoms with Crippen molar-refractivity contribution in [3.63, 3.8) is 0 Å². The minimum Gasteiger partial charge on any atom is -0.496 e. The summed E-state index contributed by atoms with van der Waals surface area (Å²) in [6, 6.07) is 13.8. The number of nitriles is 1. The minimum atomic E-state index is 0.638. The van der Waals surface area contributed by atoms with Crippen LogP contribution in [0.1, 0.15) is 16.7 Å². The van der Waals surface area contributed by atoms with Gasteiger partial charge < -0.3 is 10.1 Å². The summed E-state index contributed by atoms with van der Waals surface area (Å²) in [6.07, 6.45) is 0. The first kappa shape index (κ1) is 13.0. The highest BCUT2D eigenvalue weighted by atomic mass is 16.5. The number of rotatable bonds is 3. The van der Waals surface area contributed by atoms with Crippen molar-refractivity contribution in [2.24, 2.45) is 0 Å². The zero-order chi connectivity index (χ0) is 13.8. The molecule has 1 N–H and O–H groups in total. The summed E-state index contributed by atoms with van der Waals surface area (Å²) in [5.74, 6) is 0.857. The van der Waals surface area contributed by atoms with E-state index in [0.717, 1.165) is 28.3 Å². The number of hydrogen-bond donors (Lipinski definition) is 1. The lowest BCUT2D eigenvalue weighted by atomic mass is 10.1. The Morgan fingerprint density at radius 1 is 1.11 bits per heavy atom. The number of anilines is 2. The summed E-state index contributed by atoms with van der Waals surface area (Å²) in [4.78, 5) is 0. The van der Waals surface area contributed by atoms with Crippen molar-refractivity contribution in [2.75, 3.05) is 12.4 Å². The third-order valence-corrected chi connectivity index (χ3v) is 2.97. The van der Waals surface area contributed by atoms with Gasteiger partial charge in [0.25, 0.3) is 0 Å². The Labute approximate surface area is 113 Å². The Hall–Kier alpha value is -2.47. The molecule has 2 aromatic rings. The van der Waals surface area contributed by atoms with Gasteiger partial charge in [0.2, 0.25) is 0 Å². The van der Waals surface area contributed by atoms with E-state index in [1.807, 2.05) is 50.2 Å². The average Bonchev–Trinajstić information content (AvgIpc) is 2.39. The normalized spacial score (nSPS) is 9.79. The Bertz CT molecular complexity index is 642. The van der Waals surface area contributed by atoms with Gasteiger partial charge in [0, 0.05) is 5.69 Å². The second-order valence-electron chi connectivity index (χ2n) is 4.47. The third kappa shape index (κ3) is 2.86. The molecule has 3 nitrogen and oxygen atoms in total. The van der Waals surface area contributed by atoms with Crippen LogP contribution in [0.4, 0.5) is 11.4 Å². The van der Waals surface area contributed by atoms with E-state index in [2.05, 4.69) is 11.4 Å². The van der Waals surface area contributed by atoms with Crippen molar-refractivity contribution in [1.82, 2.24) is 0 Å². The van der Waals surface area contributed by atoms with E-state index in [4.69, 9.17) is 10.00 Å². The topological polar surface area (TPSA) is 45.0 Å². The Balaban J connectivity index is 2.34. The summed E-state index contributed by atoms with van der Waals surface area (Å²) < 4.78 is 5.23. The predicted molar refractivity (Wildman–Crippen MR) is 76.9 cm³/mol. The zero-order valence-electron chi connectivity index (χ0n) is 11.3. The van der Waals surface area contributed by atoms with Crippen LogP contribution in [0.15, 0.2) is 36.4 Å². The van der Waals surface area contributed by atoms with Gasteiger partial charge in [0.15, 0.2) is 0 Å². The average molecular weight is 252 g/mol. The molecule has 19 heavy (non-hydrogen) atoms. The van der Waals surface area contributed by atoms with E-state index < -0.39 is 0 Å². The van der Waals surface area contributed by atoms with Crippen LogP contribution < -0.4 is 10.1 Å². The van der Waals surface area contributed by atoms with Gasteiger partial charge in [-0.15, -0.1) is 0 Å². The van der Waals surface area contributed by atoms with Crippen LogP contribution >= 0.6 is 0 Å². The van der Waals surface area contributed by atoms with Crippen molar-refractivity contribution in [1.29, 1.82) is 5.26 Å². The summed E-state index contributed by atoms with van der Waals surface area (Å²) in [7, 11) is 1.66. The molecule has 0 unspecified atom stereocenters. The van der Waals surface area contributed by atoms with Crippen LogP contribution in [-0.4, -0.2) is 7.11 Å². The first-order valence-electron chi connectivity index (χ1n) is 6.06. The van der Waals surface area contributed by atoms with Crippen LogP contribution in [0.3, 0.4) is 0 Å². The number of ether oxygens (including phenoxy) is 1. The van der Waals surface area contributed by atoms with E-state index in [1.165, 1.54) is 0 Å². The molecule has 0 aromatic heterocycles. The minimum absolute atomic E-state index is 0.638. The first-order valence-corrected chi connectivity index (χ1v) is 6.06. The quantitative estimate of drug-likeness (QED) is 0.900. The smallest absolute Gasteiger partial charge is 0.121 e. The fourth-order valence-corrected chi connectivity index (χ4v) is 1.97. The number of benzene rings is 2. The Morgan fingerprint density at radius 3 is 2.53 bits per heavy atom.